The van der Waals surface area contributed by atoms with E-state index in [-0.39, 0.29) is 18.3 Å². The molecule has 2 aromatic rings. The maximum Gasteiger partial charge on any atom is 0.138 e. The Labute approximate surface area is 173 Å². The summed E-state index contributed by atoms with van der Waals surface area (Å²) >= 11 is 0. The first kappa shape index (κ1) is 22.7. The van der Waals surface area contributed by atoms with Crippen molar-refractivity contribution in [2.45, 2.75) is 46.1 Å². The number of benzene rings is 2. The monoisotopic (exact) mass is 398 g/mol. The van der Waals surface area contributed by atoms with E-state index in [0.717, 1.165) is 37.2 Å². The fraction of sp³-hybridized carbons (Fsp3) is 0.458. The average Bonchev–Trinajstić information content (AvgIpc) is 2.79. The quantitative estimate of drug-likeness (QED) is 0.748. The second-order valence-corrected chi connectivity index (χ2v) is 7.12. The van der Waals surface area contributed by atoms with E-state index in [2.05, 4.69) is 17.9 Å². The minimum Gasteiger partial charge on any atom is -0.495 e. The Bertz CT molecular complexity index is 839. The van der Waals surface area contributed by atoms with Crippen LogP contribution in [0.2, 0.25) is 0 Å². The second-order valence-electron chi connectivity index (χ2n) is 7.12. The van der Waals surface area contributed by atoms with Crippen LogP contribution >= 0.6 is 0 Å². The van der Waals surface area contributed by atoms with Crippen LogP contribution in [0, 0.1) is 23.1 Å². The van der Waals surface area contributed by atoms with Gasteiger partial charge in [0.15, 0.2) is 0 Å². The predicted molar refractivity (Wildman–Crippen MR) is 115 cm³/mol. The highest BCUT2D eigenvalue weighted by Crippen LogP contribution is 2.35. The molecule has 2 aromatic carbocycles. The Balaban J connectivity index is 0.00000145. The van der Waals surface area contributed by atoms with E-state index < -0.39 is 0 Å². The summed E-state index contributed by atoms with van der Waals surface area (Å²) in [6, 6.07) is 13.0. The molecule has 4 nitrogen and oxygen atoms in total. The van der Waals surface area contributed by atoms with Crippen LogP contribution in [0.15, 0.2) is 36.4 Å². The zero-order valence-electron chi connectivity index (χ0n) is 17.8. The molecule has 0 saturated carbocycles. The van der Waals surface area contributed by atoms with Crippen LogP contribution in [0.5, 0.6) is 5.75 Å². The highest BCUT2D eigenvalue weighted by Gasteiger charge is 2.26. The van der Waals surface area contributed by atoms with Gasteiger partial charge < -0.3 is 14.7 Å². The number of aliphatic hydroxyl groups is 1. The standard InChI is InChI=1S/C22H25FN2O2.C2H6/c1-15(17-3-4-19(14-26)21(23)11-17)16-7-9-25(10-8-16)20-6-5-18(13-24)22(12-20)27-2;1-2/h3-6,11-12,15-16,26H,7-10,14H2,1-2H3;1-2H3. The third kappa shape index (κ3) is 5.27. The summed E-state index contributed by atoms with van der Waals surface area (Å²) in [4.78, 5) is 2.31. The van der Waals surface area contributed by atoms with Gasteiger partial charge in [0.2, 0.25) is 0 Å². The van der Waals surface area contributed by atoms with Crippen molar-refractivity contribution in [2.24, 2.45) is 5.92 Å². The number of hydrogen-bond donors (Lipinski definition) is 1. The number of rotatable bonds is 5. The van der Waals surface area contributed by atoms with Crippen molar-refractivity contribution in [1.82, 2.24) is 0 Å². The number of piperidine rings is 1. The first-order valence-electron chi connectivity index (χ1n) is 10.3. The molecule has 1 saturated heterocycles. The summed E-state index contributed by atoms with van der Waals surface area (Å²) in [6.45, 7) is 7.72. The number of methoxy groups -OCH3 is 1. The Morgan fingerprint density at radius 1 is 1.21 bits per heavy atom. The van der Waals surface area contributed by atoms with E-state index in [4.69, 9.17) is 15.1 Å². The molecular formula is C24H31FN2O2. The molecule has 0 spiro atoms. The fourth-order valence-corrected chi connectivity index (χ4v) is 3.87. The summed E-state index contributed by atoms with van der Waals surface area (Å²) < 4.78 is 19.3. The van der Waals surface area contributed by atoms with Gasteiger partial charge in [0.05, 0.1) is 19.3 Å². The summed E-state index contributed by atoms with van der Waals surface area (Å²) in [5.74, 6) is 1.03. The van der Waals surface area contributed by atoms with Crippen molar-refractivity contribution in [3.8, 4) is 11.8 Å². The molecule has 1 aliphatic rings. The van der Waals surface area contributed by atoms with E-state index in [9.17, 15) is 4.39 Å². The maximum absolute atomic E-state index is 14.0. The number of anilines is 1. The Morgan fingerprint density at radius 2 is 1.90 bits per heavy atom. The van der Waals surface area contributed by atoms with Crippen LogP contribution in [0.3, 0.4) is 0 Å². The molecule has 0 aromatic heterocycles. The van der Waals surface area contributed by atoms with Crippen LogP contribution in [-0.4, -0.2) is 25.3 Å². The smallest absolute Gasteiger partial charge is 0.138 e. The lowest BCUT2D eigenvalue weighted by Crippen LogP contribution is -2.35. The molecule has 1 N–H and O–H groups in total. The number of ether oxygens (including phenoxy) is 1. The van der Waals surface area contributed by atoms with E-state index in [1.165, 1.54) is 0 Å². The largest absolute Gasteiger partial charge is 0.495 e. The fourth-order valence-electron chi connectivity index (χ4n) is 3.87. The van der Waals surface area contributed by atoms with Crippen molar-refractivity contribution in [3.05, 3.63) is 58.9 Å². The lowest BCUT2D eigenvalue weighted by Gasteiger charge is -2.36. The topological polar surface area (TPSA) is 56.5 Å². The van der Waals surface area contributed by atoms with E-state index >= 15 is 0 Å². The SMILES string of the molecule is CC.COc1cc(N2CCC(C(C)c3ccc(CO)c(F)c3)CC2)ccc1C#N. The highest BCUT2D eigenvalue weighted by molar-refractivity contribution is 5.57. The molecule has 1 aliphatic heterocycles. The first-order valence-corrected chi connectivity index (χ1v) is 10.3. The Morgan fingerprint density at radius 3 is 2.45 bits per heavy atom. The zero-order chi connectivity index (χ0) is 21.4. The van der Waals surface area contributed by atoms with Crippen molar-refractivity contribution in [3.63, 3.8) is 0 Å². The molecule has 1 fully saturated rings. The van der Waals surface area contributed by atoms with Gasteiger partial charge >= 0.3 is 0 Å². The molecule has 0 radical (unpaired) electrons. The third-order valence-corrected chi connectivity index (χ3v) is 5.69. The summed E-state index contributed by atoms with van der Waals surface area (Å²) in [6.07, 6.45) is 2.04. The molecule has 29 heavy (non-hydrogen) atoms. The van der Waals surface area contributed by atoms with E-state index in [1.807, 2.05) is 32.0 Å². The van der Waals surface area contributed by atoms with Crippen LogP contribution in [0.4, 0.5) is 10.1 Å². The van der Waals surface area contributed by atoms with Gasteiger partial charge in [0.1, 0.15) is 17.6 Å². The van der Waals surface area contributed by atoms with Crippen molar-refractivity contribution in [2.75, 3.05) is 25.1 Å². The summed E-state index contributed by atoms with van der Waals surface area (Å²) in [5.41, 5.74) is 2.94. The number of hydrogen-bond acceptors (Lipinski definition) is 4. The summed E-state index contributed by atoms with van der Waals surface area (Å²) in [7, 11) is 1.58. The average molecular weight is 399 g/mol. The summed E-state index contributed by atoms with van der Waals surface area (Å²) in [5, 5.41) is 18.3. The molecule has 0 bridgehead atoms. The van der Waals surface area contributed by atoms with Gasteiger partial charge in [-0.3, -0.25) is 0 Å². The molecule has 1 atom stereocenters. The minimum absolute atomic E-state index is 0.268. The molecule has 0 aliphatic carbocycles. The molecule has 3 rings (SSSR count). The molecular weight excluding hydrogens is 367 g/mol. The van der Waals surface area contributed by atoms with Gasteiger partial charge in [0, 0.05) is 30.4 Å². The number of aliphatic hydroxyl groups excluding tert-OH is 1. The molecule has 1 unspecified atom stereocenters. The number of halogens is 1. The Kier molecular flexibility index (Phi) is 8.48. The molecule has 156 valence electrons. The normalized spacial score (nSPS) is 15.1. The lowest BCUT2D eigenvalue weighted by atomic mass is 9.81. The van der Waals surface area contributed by atoms with Gasteiger partial charge in [-0.25, -0.2) is 4.39 Å². The molecule has 1 heterocycles. The number of nitriles is 1. The van der Waals surface area contributed by atoms with Crippen LogP contribution in [-0.2, 0) is 6.61 Å². The van der Waals surface area contributed by atoms with Gasteiger partial charge in [-0.2, -0.15) is 5.26 Å². The number of nitrogens with zero attached hydrogens (tertiary/aromatic N) is 2. The van der Waals surface area contributed by atoms with E-state index in [1.54, 1.807) is 25.3 Å². The van der Waals surface area contributed by atoms with Crippen LogP contribution in [0.25, 0.3) is 0 Å². The van der Waals surface area contributed by atoms with E-state index in [0.29, 0.717) is 22.8 Å². The molecule has 0 amide bonds. The molecule has 5 heteroatoms. The van der Waals surface area contributed by atoms with Gasteiger partial charge in [0.25, 0.3) is 0 Å². The van der Waals surface area contributed by atoms with Crippen molar-refractivity contribution in [1.29, 1.82) is 5.26 Å². The zero-order valence-corrected chi connectivity index (χ0v) is 17.8. The maximum atomic E-state index is 14.0. The van der Waals surface area contributed by atoms with Crippen LogP contribution < -0.4 is 9.64 Å². The Hall–Kier alpha value is -2.58. The van der Waals surface area contributed by atoms with Gasteiger partial charge in [-0.15, -0.1) is 0 Å². The highest BCUT2D eigenvalue weighted by atomic mass is 19.1. The van der Waals surface area contributed by atoms with Crippen LogP contribution in [0.1, 0.15) is 56.2 Å². The van der Waals surface area contributed by atoms with Crippen molar-refractivity contribution >= 4 is 5.69 Å². The predicted octanol–water partition coefficient (Wildman–Crippen LogP) is 5.24. The minimum atomic E-state index is -0.330. The van der Waals surface area contributed by atoms with Gasteiger partial charge in [-0.1, -0.05) is 32.9 Å². The lowest BCUT2D eigenvalue weighted by molar-refractivity contribution is 0.275. The van der Waals surface area contributed by atoms with Gasteiger partial charge in [-0.05, 0) is 48.4 Å². The van der Waals surface area contributed by atoms with Crippen molar-refractivity contribution < 1.29 is 14.2 Å². The first-order chi connectivity index (χ1) is 14.1. The third-order valence-electron chi connectivity index (χ3n) is 5.69. The second kappa shape index (κ2) is 10.8.